The van der Waals surface area contributed by atoms with E-state index < -0.39 is 35.6 Å². The molecule has 0 radical (unpaired) electrons. The maximum Gasteiger partial charge on any atom is 0.330 e. The number of carboxylic acids is 1. The number of nitrogens with zero attached hydrogens (tertiary/aromatic N) is 3. The molecule has 5 atom stereocenters. The van der Waals surface area contributed by atoms with Crippen LogP contribution >= 0.6 is 11.6 Å². The topological polar surface area (TPSA) is 157 Å². The first kappa shape index (κ1) is 27.1. The summed E-state index contributed by atoms with van der Waals surface area (Å²) < 4.78 is 11.3. The van der Waals surface area contributed by atoms with Crippen LogP contribution in [0.5, 0.6) is 11.6 Å². The van der Waals surface area contributed by atoms with Crippen molar-refractivity contribution in [1.29, 1.82) is 0 Å². The Balaban J connectivity index is 1.40. The number of carbonyl (C=O) groups excluding carboxylic acids is 2. The van der Waals surface area contributed by atoms with Crippen LogP contribution in [0.25, 0.3) is 11.0 Å². The molecule has 0 spiro atoms. The van der Waals surface area contributed by atoms with E-state index in [0.717, 1.165) is 25.7 Å². The van der Waals surface area contributed by atoms with Crippen LogP contribution in [-0.2, 0) is 14.4 Å². The fraction of sp³-hybridized carbons (Fsp3) is 0.519. The van der Waals surface area contributed by atoms with Crippen molar-refractivity contribution in [1.82, 2.24) is 20.2 Å². The average Bonchev–Trinajstić information content (AvgIpc) is 3.45. The van der Waals surface area contributed by atoms with Gasteiger partial charge in [-0.25, -0.2) is 14.8 Å². The summed E-state index contributed by atoms with van der Waals surface area (Å²) >= 11 is 6.36. The molecular weight excluding hydrogens is 526 g/mol. The molecule has 2 fully saturated rings. The van der Waals surface area contributed by atoms with E-state index in [9.17, 15) is 19.5 Å². The predicted molar refractivity (Wildman–Crippen MR) is 142 cm³/mol. The Morgan fingerprint density at radius 1 is 1.23 bits per heavy atom. The Morgan fingerprint density at radius 2 is 2.05 bits per heavy atom. The van der Waals surface area contributed by atoms with E-state index in [2.05, 4.69) is 15.3 Å². The number of aromatic nitrogens is 2. The number of hydrogen-bond donors (Lipinski definition) is 3. The molecule has 11 nitrogen and oxygen atoms in total. The second-order valence-electron chi connectivity index (χ2n) is 10.4. The molecule has 1 aromatic carbocycles. The Kier molecular flexibility index (Phi) is 7.64. The minimum Gasteiger partial charge on any atom is -0.497 e. The third-order valence-corrected chi connectivity index (χ3v) is 7.99. The molecule has 3 heterocycles. The molecular formula is C27H32ClN5O6. The summed E-state index contributed by atoms with van der Waals surface area (Å²) in [6.07, 6.45) is 7.52. The van der Waals surface area contributed by atoms with Gasteiger partial charge < -0.3 is 30.5 Å². The normalized spacial score (nSPS) is 29.6. The number of fused-ring (bicyclic) bond motifs is 3. The fourth-order valence-corrected chi connectivity index (χ4v) is 5.58. The minimum atomic E-state index is -1.38. The predicted octanol–water partition coefficient (Wildman–Crippen LogP) is 2.45. The van der Waals surface area contributed by atoms with E-state index in [1.165, 1.54) is 4.90 Å². The highest BCUT2D eigenvalue weighted by Crippen LogP contribution is 2.45. The second-order valence-corrected chi connectivity index (χ2v) is 10.8. The van der Waals surface area contributed by atoms with Crippen molar-refractivity contribution >= 4 is 40.4 Å². The molecule has 0 bridgehead atoms. The molecule has 3 aliphatic rings. The Hall–Kier alpha value is -3.44. The lowest BCUT2D eigenvalue weighted by atomic mass is 10.1. The average molecular weight is 558 g/mol. The molecule has 0 unspecified atom stereocenters. The van der Waals surface area contributed by atoms with Crippen LogP contribution < -0.4 is 20.5 Å². The summed E-state index contributed by atoms with van der Waals surface area (Å²) in [7, 11) is 1.54. The standard InChI is InChI=1S/C27H32ClN5O6/c1-38-16-9-10-19-20(11-16)31-24(22(28)30-19)39-17-12-21-23(34)32-27(26(36)37)13-15(27)7-5-3-2-4-6-8-18(29)25(35)33(21)14-17/h5,7,9-11,15,17-18,21H,2-4,6,8,12-14,29H2,1H3,(H,32,34)(H,36,37)/t15-,17-,18+,21+,27-/m1/s1. The minimum absolute atomic E-state index is 0.0436. The van der Waals surface area contributed by atoms with Gasteiger partial charge >= 0.3 is 5.97 Å². The van der Waals surface area contributed by atoms with Crippen LogP contribution in [0.15, 0.2) is 30.4 Å². The maximum absolute atomic E-state index is 13.5. The highest BCUT2D eigenvalue weighted by atomic mass is 35.5. The van der Waals surface area contributed by atoms with E-state index >= 15 is 0 Å². The third kappa shape index (κ3) is 5.51. The van der Waals surface area contributed by atoms with E-state index in [-0.39, 0.29) is 35.8 Å². The fourth-order valence-electron chi connectivity index (χ4n) is 5.40. The molecule has 12 heteroatoms. The van der Waals surface area contributed by atoms with Gasteiger partial charge in [-0.3, -0.25) is 9.59 Å². The van der Waals surface area contributed by atoms with Crippen LogP contribution in [0.1, 0.15) is 44.9 Å². The number of carboxylic acid groups (broad SMARTS) is 1. The summed E-state index contributed by atoms with van der Waals surface area (Å²) in [5.74, 6) is -1.65. The molecule has 2 aromatic rings. The van der Waals surface area contributed by atoms with Crippen molar-refractivity contribution < 1.29 is 29.0 Å². The first-order valence-corrected chi connectivity index (χ1v) is 13.6. The largest absolute Gasteiger partial charge is 0.497 e. The monoisotopic (exact) mass is 557 g/mol. The lowest BCUT2D eigenvalue weighted by Crippen LogP contribution is -2.55. The van der Waals surface area contributed by atoms with E-state index in [4.69, 9.17) is 26.8 Å². The molecule has 208 valence electrons. The number of halogens is 1. The van der Waals surface area contributed by atoms with Gasteiger partial charge in [0, 0.05) is 18.4 Å². The third-order valence-electron chi connectivity index (χ3n) is 7.74. The summed E-state index contributed by atoms with van der Waals surface area (Å²) in [6.45, 7) is 0.0716. The number of hydrogen-bond acceptors (Lipinski definition) is 8. The number of allylic oxidation sites excluding steroid dienone is 1. The lowest BCUT2D eigenvalue weighted by Gasteiger charge is -2.27. The lowest BCUT2D eigenvalue weighted by molar-refractivity contribution is -0.145. The van der Waals surface area contributed by atoms with Gasteiger partial charge in [-0.1, -0.05) is 36.6 Å². The maximum atomic E-state index is 13.5. The van der Waals surface area contributed by atoms with Crippen LogP contribution in [0, 0.1) is 5.92 Å². The van der Waals surface area contributed by atoms with Gasteiger partial charge in [-0.15, -0.1) is 0 Å². The highest BCUT2D eigenvalue weighted by molar-refractivity contribution is 6.31. The molecule has 4 N–H and O–H groups in total. The van der Waals surface area contributed by atoms with Crippen LogP contribution in [0.4, 0.5) is 0 Å². The molecule has 39 heavy (non-hydrogen) atoms. The zero-order chi connectivity index (χ0) is 27.7. The number of carbonyl (C=O) groups is 3. The molecule has 1 saturated heterocycles. The van der Waals surface area contributed by atoms with Crippen molar-refractivity contribution in [3.8, 4) is 11.6 Å². The zero-order valence-corrected chi connectivity index (χ0v) is 22.4. The zero-order valence-electron chi connectivity index (χ0n) is 21.6. The SMILES string of the molecule is COc1ccc2nc(Cl)c(O[C@@H]3C[C@H]4C(=O)N[C@]5(C(=O)O)C[C@H]5C=CCCCCC[C@H](N)C(=O)N4C3)nc2c1. The van der Waals surface area contributed by atoms with Gasteiger partial charge in [-0.05, 0) is 37.8 Å². The number of nitrogens with two attached hydrogens (primary N) is 1. The van der Waals surface area contributed by atoms with Crippen LogP contribution in [0.3, 0.4) is 0 Å². The number of rotatable bonds is 4. The highest BCUT2D eigenvalue weighted by Gasteiger charge is 2.61. The molecule has 5 rings (SSSR count). The smallest absolute Gasteiger partial charge is 0.330 e. The summed E-state index contributed by atoms with van der Waals surface area (Å²) in [5, 5.41) is 12.7. The van der Waals surface area contributed by atoms with Gasteiger partial charge in [0.25, 0.3) is 5.88 Å². The number of amides is 2. The Labute approximate surface area is 230 Å². The van der Waals surface area contributed by atoms with Gasteiger partial charge in [-0.2, -0.15) is 0 Å². The van der Waals surface area contributed by atoms with Crippen molar-refractivity contribution in [3.05, 3.63) is 35.5 Å². The summed E-state index contributed by atoms with van der Waals surface area (Å²) in [5.41, 5.74) is 5.94. The number of aliphatic carboxylic acids is 1. The molecule has 1 saturated carbocycles. The molecule has 1 aliphatic carbocycles. The van der Waals surface area contributed by atoms with Gasteiger partial charge in [0.05, 0.1) is 30.7 Å². The number of nitrogens with one attached hydrogen (secondary N) is 1. The summed E-state index contributed by atoms with van der Waals surface area (Å²) in [4.78, 5) is 49.3. The number of methoxy groups -OCH3 is 1. The number of ether oxygens (including phenoxy) is 2. The molecule has 2 aliphatic heterocycles. The van der Waals surface area contributed by atoms with Crippen LogP contribution in [0.2, 0.25) is 5.15 Å². The number of benzene rings is 1. The van der Waals surface area contributed by atoms with Crippen molar-refractivity contribution in [2.24, 2.45) is 11.7 Å². The molecule has 2 amide bonds. The first-order valence-electron chi connectivity index (χ1n) is 13.2. The van der Waals surface area contributed by atoms with E-state index in [1.54, 1.807) is 25.3 Å². The van der Waals surface area contributed by atoms with E-state index in [0.29, 0.717) is 29.6 Å². The van der Waals surface area contributed by atoms with Crippen molar-refractivity contribution in [2.75, 3.05) is 13.7 Å². The Morgan fingerprint density at radius 3 is 2.82 bits per heavy atom. The second kappa shape index (κ2) is 11.0. The van der Waals surface area contributed by atoms with Crippen molar-refractivity contribution in [3.63, 3.8) is 0 Å². The first-order chi connectivity index (χ1) is 18.7. The van der Waals surface area contributed by atoms with Crippen LogP contribution in [-0.4, -0.2) is 75.1 Å². The Bertz CT molecular complexity index is 1320. The van der Waals surface area contributed by atoms with Gasteiger partial charge in [0.2, 0.25) is 11.8 Å². The summed E-state index contributed by atoms with van der Waals surface area (Å²) in [6, 6.07) is 3.44. The van der Waals surface area contributed by atoms with Gasteiger partial charge in [0.15, 0.2) is 5.15 Å². The molecule has 1 aromatic heterocycles. The quantitative estimate of drug-likeness (QED) is 0.480. The van der Waals surface area contributed by atoms with Crippen molar-refractivity contribution in [2.45, 2.75) is 68.7 Å². The van der Waals surface area contributed by atoms with E-state index in [1.807, 2.05) is 12.2 Å². The van der Waals surface area contributed by atoms with Gasteiger partial charge in [0.1, 0.15) is 23.4 Å².